The smallest absolute Gasteiger partial charge is 0.319 e. The van der Waals surface area contributed by atoms with Crippen LogP contribution in [-0.2, 0) is 0 Å². The lowest BCUT2D eigenvalue weighted by Crippen LogP contribution is -2.29. The van der Waals surface area contributed by atoms with Gasteiger partial charge in [0.15, 0.2) is 0 Å². The van der Waals surface area contributed by atoms with Crippen molar-refractivity contribution in [2.24, 2.45) is 0 Å². The van der Waals surface area contributed by atoms with E-state index < -0.39 is 0 Å². The van der Waals surface area contributed by atoms with Crippen molar-refractivity contribution in [3.05, 3.63) is 48.7 Å². The zero-order valence-corrected chi connectivity index (χ0v) is 13.2. The summed E-state index contributed by atoms with van der Waals surface area (Å²) >= 11 is 0. The number of hydrogen-bond donors (Lipinski definition) is 3. The molecule has 0 aliphatic carbocycles. The second kappa shape index (κ2) is 9.30. The van der Waals surface area contributed by atoms with E-state index in [0.29, 0.717) is 6.54 Å². The molecule has 0 saturated heterocycles. The molecule has 0 aliphatic rings. The molecule has 0 bridgehead atoms. The Labute approximate surface area is 136 Å². The van der Waals surface area contributed by atoms with Crippen molar-refractivity contribution in [1.82, 2.24) is 10.3 Å². The molecule has 2 aromatic rings. The molecule has 0 radical (unpaired) electrons. The fourth-order valence-electron chi connectivity index (χ4n) is 1.99. The van der Waals surface area contributed by atoms with Crippen LogP contribution in [0.15, 0.2) is 48.7 Å². The van der Waals surface area contributed by atoms with Crippen molar-refractivity contribution in [3.8, 4) is 5.75 Å². The Bertz CT molecular complexity index is 587. The number of amides is 2. The maximum atomic E-state index is 11.7. The summed E-state index contributed by atoms with van der Waals surface area (Å²) in [5.74, 6) is 1.63. The molecule has 6 heteroatoms. The number of urea groups is 1. The van der Waals surface area contributed by atoms with Crippen molar-refractivity contribution in [2.45, 2.75) is 12.8 Å². The van der Waals surface area contributed by atoms with Crippen LogP contribution in [0.5, 0.6) is 5.75 Å². The highest BCUT2D eigenvalue weighted by atomic mass is 16.5. The normalized spacial score (nSPS) is 9.96. The van der Waals surface area contributed by atoms with Crippen molar-refractivity contribution in [1.29, 1.82) is 0 Å². The highest BCUT2D eigenvalue weighted by Crippen LogP contribution is 2.14. The minimum atomic E-state index is -0.201. The van der Waals surface area contributed by atoms with Crippen molar-refractivity contribution < 1.29 is 9.53 Å². The number of aromatic nitrogens is 1. The molecule has 0 fully saturated rings. The molecule has 6 nitrogen and oxygen atoms in total. The summed E-state index contributed by atoms with van der Waals surface area (Å²) in [4.78, 5) is 15.9. The molecule has 0 unspecified atom stereocenters. The second-order valence-electron chi connectivity index (χ2n) is 4.96. The molecular weight excluding hydrogens is 292 g/mol. The molecule has 23 heavy (non-hydrogen) atoms. The van der Waals surface area contributed by atoms with Gasteiger partial charge in [0.2, 0.25) is 0 Å². The molecule has 0 saturated carbocycles. The van der Waals surface area contributed by atoms with Crippen LogP contribution in [0, 0.1) is 0 Å². The summed E-state index contributed by atoms with van der Waals surface area (Å²) in [6.45, 7) is 1.46. The molecule has 0 spiro atoms. The Kier molecular flexibility index (Phi) is 6.71. The third-order valence-corrected chi connectivity index (χ3v) is 3.21. The predicted molar refractivity (Wildman–Crippen MR) is 92.0 cm³/mol. The molecule has 3 N–H and O–H groups in total. The standard InChI is InChI=1S/C17H22N4O2/c1-23-15-9-7-14(8-10-15)21-17(22)20-13-5-4-12-19-16-6-2-3-11-18-16/h2-3,6-11H,4-5,12-13H2,1H3,(H,18,19)(H2,20,21,22). The molecule has 122 valence electrons. The summed E-state index contributed by atoms with van der Waals surface area (Å²) in [5.41, 5.74) is 0.736. The van der Waals surface area contributed by atoms with Crippen LogP contribution in [0.2, 0.25) is 0 Å². The van der Waals surface area contributed by atoms with Gasteiger partial charge < -0.3 is 20.7 Å². The Morgan fingerprint density at radius 1 is 1.09 bits per heavy atom. The lowest BCUT2D eigenvalue weighted by atomic mass is 10.3. The molecule has 1 aromatic carbocycles. The molecule has 0 atom stereocenters. The molecule has 0 aliphatic heterocycles. The number of rotatable bonds is 8. The first kappa shape index (κ1) is 16.6. The van der Waals surface area contributed by atoms with Crippen molar-refractivity contribution in [3.63, 3.8) is 0 Å². The van der Waals surface area contributed by atoms with E-state index in [0.717, 1.165) is 36.6 Å². The Morgan fingerprint density at radius 2 is 1.87 bits per heavy atom. The Hall–Kier alpha value is -2.76. The SMILES string of the molecule is COc1ccc(NC(=O)NCCCCNc2ccccn2)cc1. The predicted octanol–water partition coefficient (Wildman–Crippen LogP) is 3.10. The van der Waals surface area contributed by atoms with Crippen LogP contribution >= 0.6 is 0 Å². The van der Waals surface area contributed by atoms with Crippen LogP contribution < -0.4 is 20.7 Å². The first-order chi connectivity index (χ1) is 11.3. The highest BCUT2D eigenvalue weighted by Gasteiger charge is 2.01. The number of unbranched alkanes of at least 4 members (excludes halogenated alkanes) is 1. The van der Waals surface area contributed by atoms with Crippen LogP contribution in [0.3, 0.4) is 0 Å². The number of anilines is 2. The monoisotopic (exact) mass is 314 g/mol. The first-order valence-electron chi connectivity index (χ1n) is 7.62. The zero-order chi connectivity index (χ0) is 16.3. The van der Waals surface area contributed by atoms with Crippen molar-refractivity contribution >= 4 is 17.5 Å². The van der Waals surface area contributed by atoms with Gasteiger partial charge in [0.1, 0.15) is 11.6 Å². The lowest BCUT2D eigenvalue weighted by molar-refractivity contribution is 0.252. The van der Waals surface area contributed by atoms with E-state index in [2.05, 4.69) is 20.9 Å². The maximum Gasteiger partial charge on any atom is 0.319 e. The number of benzene rings is 1. The van der Waals surface area contributed by atoms with Gasteiger partial charge in [-0.2, -0.15) is 0 Å². The molecular formula is C17H22N4O2. The van der Waals surface area contributed by atoms with Gasteiger partial charge in [0.05, 0.1) is 7.11 Å². The minimum absolute atomic E-state index is 0.201. The van der Waals surface area contributed by atoms with Gasteiger partial charge in [-0.1, -0.05) is 6.07 Å². The van der Waals surface area contributed by atoms with Gasteiger partial charge in [0.25, 0.3) is 0 Å². The van der Waals surface area contributed by atoms with Crippen LogP contribution in [0.25, 0.3) is 0 Å². The molecule has 1 aromatic heterocycles. The average molecular weight is 314 g/mol. The lowest BCUT2D eigenvalue weighted by Gasteiger charge is -2.09. The maximum absolute atomic E-state index is 11.7. The number of ether oxygens (including phenoxy) is 1. The summed E-state index contributed by atoms with van der Waals surface area (Å²) < 4.78 is 5.07. The van der Waals surface area contributed by atoms with E-state index in [1.165, 1.54) is 0 Å². The van der Waals surface area contributed by atoms with Gasteiger partial charge in [-0.05, 0) is 49.2 Å². The third-order valence-electron chi connectivity index (χ3n) is 3.21. The number of carbonyl (C=O) groups is 1. The molecule has 2 rings (SSSR count). The van der Waals surface area contributed by atoms with Crippen molar-refractivity contribution in [2.75, 3.05) is 30.8 Å². The number of nitrogens with zero attached hydrogens (tertiary/aromatic N) is 1. The fraction of sp³-hybridized carbons (Fsp3) is 0.294. The fourth-order valence-corrected chi connectivity index (χ4v) is 1.99. The summed E-state index contributed by atoms with van der Waals surface area (Å²) in [5, 5.41) is 8.84. The van der Waals surface area contributed by atoms with Gasteiger partial charge in [-0.15, -0.1) is 0 Å². The Balaban J connectivity index is 1.56. The number of pyridine rings is 1. The molecule has 1 heterocycles. The van der Waals surface area contributed by atoms with Crippen LogP contribution in [0.4, 0.5) is 16.3 Å². The van der Waals surface area contributed by atoms with Crippen LogP contribution in [0.1, 0.15) is 12.8 Å². The second-order valence-corrected chi connectivity index (χ2v) is 4.96. The van der Waals surface area contributed by atoms with Gasteiger partial charge >= 0.3 is 6.03 Å². The number of hydrogen-bond acceptors (Lipinski definition) is 4. The Morgan fingerprint density at radius 3 is 2.57 bits per heavy atom. The first-order valence-corrected chi connectivity index (χ1v) is 7.62. The van der Waals surface area contributed by atoms with Gasteiger partial charge in [-0.3, -0.25) is 0 Å². The third kappa shape index (κ3) is 6.25. The minimum Gasteiger partial charge on any atom is -0.497 e. The number of carbonyl (C=O) groups excluding carboxylic acids is 1. The van der Waals surface area contributed by atoms with Gasteiger partial charge in [-0.25, -0.2) is 9.78 Å². The number of methoxy groups -OCH3 is 1. The van der Waals surface area contributed by atoms with Crippen LogP contribution in [-0.4, -0.2) is 31.2 Å². The van der Waals surface area contributed by atoms with E-state index in [4.69, 9.17) is 4.74 Å². The quantitative estimate of drug-likeness (QED) is 0.655. The summed E-state index contributed by atoms with van der Waals surface area (Å²) in [7, 11) is 1.61. The van der Waals surface area contributed by atoms with E-state index in [1.807, 2.05) is 18.2 Å². The average Bonchev–Trinajstić information content (AvgIpc) is 2.59. The van der Waals surface area contributed by atoms with E-state index >= 15 is 0 Å². The summed E-state index contributed by atoms with van der Waals surface area (Å²) in [6, 6.07) is 12.8. The van der Waals surface area contributed by atoms with E-state index in [-0.39, 0.29) is 6.03 Å². The largest absolute Gasteiger partial charge is 0.497 e. The van der Waals surface area contributed by atoms with E-state index in [1.54, 1.807) is 37.6 Å². The molecule has 2 amide bonds. The van der Waals surface area contributed by atoms with E-state index in [9.17, 15) is 4.79 Å². The topological polar surface area (TPSA) is 75.3 Å². The zero-order valence-electron chi connectivity index (χ0n) is 13.2. The number of nitrogens with one attached hydrogen (secondary N) is 3. The summed E-state index contributed by atoms with van der Waals surface area (Å²) in [6.07, 6.45) is 3.61. The highest BCUT2D eigenvalue weighted by molar-refractivity contribution is 5.89. The van der Waals surface area contributed by atoms with Gasteiger partial charge in [0, 0.05) is 25.0 Å².